The van der Waals surface area contributed by atoms with Gasteiger partial charge in [-0.25, -0.2) is 0 Å². The average Bonchev–Trinajstić information content (AvgIpc) is 3.42. The lowest BCUT2D eigenvalue weighted by Crippen LogP contribution is -2.69. The van der Waals surface area contributed by atoms with Gasteiger partial charge in [-0.15, -0.1) is 0 Å². The zero-order valence-electron chi connectivity index (χ0n) is 34.1. The fraction of sp³-hybridized carbons (Fsp3) is 1.00. The average molecular weight is 762 g/mol. The van der Waals surface area contributed by atoms with Crippen LogP contribution in [0.1, 0.15) is 101 Å². The second-order valence-electron chi connectivity index (χ2n) is 17.8. The summed E-state index contributed by atoms with van der Waals surface area (Å²) in [6.07, 6.45) is -5.99. The maximum Gasteiger partial charge on any atom is 0.286 e. The Kier molecular flexibility index (Phi) is 13.4. The van der Waals surface area contributed by atoms with Crippen LogP contribution in [0.3, 0.4) is 0 Å². The zero-order chi connectivity index (χ0) is 39.4. The molecule has 0 amide bonds. The van der Waals surface area contributed by atoms with Gasteiger partial charge in [0.25, 0.3) is 5.97 Å². The number of rotatable bonds is 10. The molecule has 0 spiro atoms. The summed E-state index contributed by atoms with van der Waals surface area (Å²) in [5.41, 5.74) is -3.37. The van der Waals surface area contributed by atoms with E-state index in [-0.39, 0.29) is 43.1 Å². The fourth-order valence-corrected chi connectivity index (χ4v) is 10.3. The predicted octanol–water partition coefficient (Wildman–Crippen LogP) is 2.53. The first kappa shape index (κ1) is 43.6. The molecule has 5 fully saturated rings. The van der Waals surface area contributed by atoms with E-state index in [1.54, 1.807) is 27.9 Å². The summed E-state index contributed by atoms with van der Waals surface area (Å²) in [5, 5.41) is 56.9. The number of methoxy groups -OCH3 is 1. The molecule has 53 heavy (non-hydrogen) atoms. The molecule has 20 atom stereocenters. The van der Waals surface area contributed by atoms with Gasteiger partial charge in [-0.2, -0.15) is 0 Å². The number of aliphatic hydroxyl groups is 5. The standard InChI is InChI=1S/C39H71NO13/c1-13-27-38(10,44)34-22(4)30-20(2)18-37(9,52-30)33(50-35-29(42)26(17-21(3)47-35)40(11)15-14-16-41)23(5)31(24(6)39(45,51-27)53-34)49-28-19-36(8,46-12)32(43)25(7)48-28/h20-35,41-45H,13-19H2,1-12H3/t20-,21+,22-,23-,24+,25?,26?,27+,28-,29?,30?,31-,32-,33+,34+,35-,36?,37?,38+,39-/m0/s1. The number of likely N-dealkylation sites (N-methyl/N-ethyl adjacent to an activating group) is 1. The van der Waals surface area contributed by atoms with Crippen LogP contribution in [0, 0.1) is 23.7 Å². The Morgan fingerprint density at radius 2 is 1.57 bits per heavy atom. The van der Waals surface area contributed by atoms with Gasteiger partial charge in [-0.3, -0.25) is 0 Å². The molecule has 0 aromatic heterocycles. The first-order valence-electron chi connectivity index (χ1n) is 20.0. The molecule has 14 heteroatoms. The molecule has 6 unspecified atom stereocenters. The third kappa shape index (κ3) is 8.25. The van der Waals surface area contributed by atoms with Crippen molar-refractivity contribution >= 4 is 0 Å². The van der Waals surface area contributed by atoms with Crippen molar-refractivity contribution in [1.82, 2.24) is 4.90 Å². The lowest BCUT2D eigenvalue weighted by Gasteiger charge is -2.55. The van der Waals surface area contributed by atoms with Crippen molar-refractivity contribution in [3.05, 3.63) is 0 Å². The third-order valence-corrected chi connectivity index (χ3v) is 13.5. The maximum atomic E-state index is 12.5. The normalized spacial score (nSPS) is 53.8. The van der Waals surface area contributed by atoms with Crippen LogP contribution in [0.25, 0.3) is 0 Å². The van der Waals surface area contributed by atoms with Crippen molar-refractivity contribution in [2.45, 2.75) is 198 Å². The molecule has 0 aromatic rings. The first-order chi connectivity index (χ1) is 24.7. The van der Waals surface area contributed by atoms with Crippen molar-refractivity contribution in [2.24, 2.45) is 23.7 Å². The predicted molar refractivity (Wildman–Crippen MR) is 193 cm³/mol. The van der Waals surface area contributed by atoms with E-state index in [4.69, 9.17) is 37.9 Å². The van der Waals surface area contributed by atoms with E-state index in [9.17, 15) is 25.5 Å². The van der Waals surface area contributed by atoms with E-state index < -0.39 is 89.9 Å². The summed E-state index contributed by atoms with van der Waals surface area (Å²) in [5.74, 6) is -4.02. The molecule has 5 N–H and O–H groups in total. The van der Waals surface area contributed by atoms with Gasteiger partial charge in [-0.05, 0) is 73.3 Å². The van der Waals surface area contributed by atoms with E-state index in [0.29, 0.717) is 32.2 Å². The highest BCUT2D eigenvalue weighted by atomic mass is 16.8. The molecule has 5 rings (SSSR count). The van der Waals surface area contributed by atoms with E-state index in [2.05, 4.69) is 6.92 Å². The van der Waals surface area contributed by atoms with E-state index in [1.807, 2.05) is 53.5 Å². The number of ether oxygens (including phenoxy) is 8. The molecule has 0 aromatic carbocycles. The van der Waals surface area contributed by atoms with Crippen LogP contribution >= 0.6 is 0 Å². The lowest BCUT2D eigenvalue weighted by atomic mass is 9.74. The van der Waals surface area contributed by atoms with Gasteiger partial charge in [-0.1, -0.05) is 34.6 Å². The molecule has 4 bridgehead atoms. The van der Waals surface area contributed by atoms with Crippen LogP contribution in [-0.4, -0.2) is 154 Å². The highest BCUT2D eigenvalue weighted by Crippen LogP contribution is 2.52. The number of aliphatic hydroxyl groups excluding tert-OH is 3. The quantitative estimate of drug-likeness (QED) is 0.219. The molecule has 0 saturated carbocycles. The summed E-state index contributed by atoms with van der Waals surface area (Å²) in [6.45, 7) is 19.7. The highest BCUT2D eigenvalue weighted by Gasteiger charge is 2.64. The van der Waals surface area contributed by atoms with E-state index >= 15 is 0 Å². The van der Waals surface area contributed by atoms with Gasteiger partial charge in [0.05, 0.1) is 59.8 Å². The monoisotopic (exact) mass is 761 g/mol. The van der Waals surface area contributed by atoms with E-state index in [0.717, 1.165) is 0 Å². The minimum Gasteiger partial charge on any atom is -0.396 e. The van der Waals surface area contributed by atoms with Crippen LogP contribution < -0.4 is 0 Å². The first-order valence-corrected chi connectivity index (χ1v) is 20.0. The molecular formula is C39H71NO13. The summed E-state index contributed by atoms with van der Waals surface area (Å²) in [7, 11) is 3.48. The maximum absolute atomic E-state index is 12.5. The Labute approximate surface area is 316 Å². The summed E-state index contributed by atoms with van der Waals surface area (Å²) in [6, 6.07) is -0.284. The van der Waals surface area contributed by atoms with Crippen LogP contribution in [-0.2, 0) is 37.9 Å². The smallest absolute Gasteiger partial charge is 0.286 e. The van der Waals surface area contributed by atoms with Crippen LogP contribution in [0.15, 0.2) is 0 Å². The number of fused-ring (bicyclic) bond motifs is 4. The molecular weight excluding hydrogens is 690 g/mol. The Bertz CT molecular complexity index is 1210. The topological polar surface area (TPSA) is 178 Å². The fourth-order valence-electron chi connectivity index (χ4n) is 10.3. The van der Waals surface area contributed by atoms with Gasteiger partial charge >= 0.3 is 0 Å². The van der Waals surface area contributed by atoms with Crippen LogP contribution in [0.4, 0.5) is 0 Å². The molecule has 5 aliphatic heterocycles. The van der Waals surface area contributed by atoms with Crippen molar-refractivity contribution < 1.29 is 63.4 Å². The Morgan fingerprint density at radius 3 is 2.19 bits per heavy atom. The molecule has 5 aliphatic rings. The molecule has 0 radical (unpaired) electrons. The highest BCUT2D eigenvalue weighted by molar-refractivity contribution is 5.07. The number of hydrogen-bond acceptors (Lipinski definition) is 14. The molecule has 5 saturated heterocycles. The number of nitrogens with zero attached hydrogens (tertiary/aromatic N) is 1. The van der Waals surface area contributed by atoms with Gasteiger partial charge in [0.1, 0.15) is 17.8 Å². The molecule has 14 nitrogen and oxygen atoms in total. The van der Waals surface area contributed by atoms with Gasteiger partial charge in [0.15, 0.2) is 12.6 Å². The van der Waals surface area contributed by atoms with Crippen LogP contribution in [0.2, 0.25) is 0 Å². The van der Waals surface area contributed by atoms with Crippen molar-refractivity contribution in [1.29, 1.82) is 0 Å². The summed E-state index contributed by atoms with van der Waals surface area (Å²) < 4.78 is 52.4. The van der Waals surface area contributed by atoms with E-state index in [1.165, 1.54) is 0 Å². The van der Waals surface area contributed by atoms with Gasteiger partial charge in [0, 0.05) is 44.6 Å². The molecule has 5 heterocycles. The minimum atomic E-state index is -2.20. The summed E-state index contributed by atoms with van der Waals surface area (Å²) >= 11 is 0. The third-order valence-electron chi connectivity index (χ3n) is 13.5. The van der Waals surface area contributed by atoms with Gasteiger partial charge in [0.2, 0.25) is 0 Å². The van der Waals surface area contributed by atoms with Crippen molar-refractivity contribution in [3.8, 4) is 0 Å². The summed E-state index contributed by atoms with van der Waals surface area (Å²) in [4.78, 5) is 2.04. The molecule has 310 valence electrons. The largest absolute Gasteiger partial charge is 0.396 e. The lowest BCUT2D eigenvalue weighted by molar-refractivity contribution is -0.481. The minimum absolute atomic E-state index is 0.000145. The number of hydrogen-bond donors (Lipinski definition) is 5. The zero-order valence-corrected chi connectivity index (χ0v) is 34.1. The second-order valence-corrected chi connectivity index (χ2v) is 17.8. The second kappa shape index (κ2) is 16.4. The Balaban J connectivity index is 1.60. The van der Waals surface area contributed by atoms with Crippen molar-refractivity contribution in [3.63, 3.8) is 0 Å². The molecule has 0 aliphatic carbocycles. The SMILES string of the molecule is CC[C@H]1O[C@]2(O)O[C@H]([C@@H](C)C3OC(C)(C[C@@H]3C)[C@H](O[C@@H]3O[C@H](C)CC(N(C)CCCO)C3O)[C@@H](C)[C@H](O[C@H]3CC(C)(OC)[C@@H](O)C(C)O3)[C@H]2C)[C@]1(C)O. The Hall–Kier alpha value is -0.560. The van der Waals surface area contributed by atoms with Gasteiger partial charge < -0.3 is 68.3 Å². The van der Waals surface area contributed by atoms with Crippen molar-refractivity contribution in [2.75, 3.05) is 27.3 Å². The Morgan fingerprint density at radius 1 is 0.887 bits per heavy atom. The van der Waals surface area contributed by atoms with Crippen LogP contribution in [0.5, 0.6) is 0 Å².